The number of rotatable bonds is 61. The van der Waals surface area contributed by atoms with Gasteiger partial charge in [0.2, 0.25) is 5.91 Å². The van der Waals surface area contributed by atoms with Gasteiger partial charge in [-0.2, -0.15) is 0 Å². The standard InChI is InChI=1S/C67H129N2O6P/c1-6-8-10-12-14-16-18-20-22-24-26-28-30-31-32-33-34-35-36-37-39-41-43-45-47-49-51-53-55-57-59-61-67(71)68-65(64-75-76(72,73)74-63-62-69(3,4)5)66(70)60-58-56-54-52-50-48-46-44-42-40-38-29-27-25-23-21-19-17-15-13-11-9-7-2/h8,10,14,16,20,22,26,28,65-66,70H,6-7,9,11-13,15,17-19,21,23-25,27,29-64H2,1-5H3,(H-,68,71,72,73)/b10-8-,16-14-,22-20-,28-26-. The minimum atomic E-state index is -4.58. The van der Waals surface area contributed by atoms with E-state index in [1.165, 1.54) is 231 Å². The summed E-state index contributed by atoms with van der Waals surface area (Å²) in [7, 11) is 1.32. The number of carbonyl (C=O) groups excluding carboxylic acids is 1. The summed E-state index contributed by atoms with van der Waals surface area (Å²) in [6.45, 7) is 4.66. The highest BCUT2D eigenvalue weighted by Gasteiger charge is 2.24. The van der Waals surface area contributed by atoms with E-state index in [1.807, 2.05) is 21.1 Å². The molecule has 76 heavy (non-hydrogen) atoms. The molecule has 3 atom stereocenters. The van der Waals surface area contributed by atoms with Gasteiger partial charge in [-0.25, -0.2) is 0 Å². The lowest BCUT2D eigenvalue weighted by atomic mass is 10.0. The molecule has 0 saturated heterocycles. The van der Waals surface area contributed by atoms with Gasteiger partial charge in [0.1, 0.15) is 13.2 Å². The summed E-state index contributed by atoms with van der Waals surface area (Å²) < 4.78 is 23.5. The summed E-state index contributed by atoms with van der Waals surface area (Å²) in [4.78, 5) is 25.6. The molecule has 0 aromatic rings. The zero-order valence-electron chi connectivity index (χ0n) is 51.2. The van der Waals surface area contributed by atoms with Crippen molar-refractivity contribution in [2.24, 2.45) is 0 Å². The molecule has 1 amide bonds. The second-order valence-corrected chi connectivity index (χ2v) is 25.2. The van der Waals surface area contributed by atoms with Crippen LogP contribution in [-0.4, -0.2) is 68.5 Å². The van der Waals surface area contributed by atoms with Crippen LogP contribution in [0, 0.1) is 0 Å². The first-order valence-electron chi connectivity index (χ1n) is 33.0. The third-order valence-electron chi connectivity index (χ3n) is 15.1. The van der Waals surface area contributed by atoms with Crippen LogP contribution < -0.4 is 10.2 Å². The maximum atomic E-state index is 13.0. The fourth-order valence-electron chi connectivity index (χ4n) is 9.98. The molecule has 0 spiro atoms. The number of hydrogen-bond acceptors (Lipinski definition) is 6. The minimum Gasteiger partial charge on any atom is -0.756 e. The lowest BCUT2D eigenvalue weighted by Crippen LogP contribution is -2.46. The highest BCUT2D eigenvalue weighted by atomic mass is 31.2. The van der Waals surface area contributed by atoms with Crippen LogP contribution in [0.5, 0.6) is 0 Å². The van der Waals surface area contributed by atoms with E-state index < -0.39 is 20.0 Å². The molecule has 448 valence electrons. The van der Waals surface area contributed by atoms with Crippen LogP contribution in [-0.2, 0) is 18.4 Å². The van der Waals surface area contributed by atoms with Crippen LogP contribution in [0.15, 0.2) is 48.6 Å². The highest BCUT2D eigenvalue weighted by Crippen LogP contribution is 2.38. The van der Waals surface area contributed by atoms with Crippen LogP contribution in [0.4, 0.5) is 0 Å². The van der Waals surface area contributed by atoms with Crippen molar-refractivity contribution < 1.29 is 32.9 Å². The normalized spacial score (nSPS) is 14.0. The van der Waals surface area contributed by atoms with Crippen molar-refractivity contribution in [2.75, 3.05) is 40.9 Å². The predicted octanol–water partition coefficient (Wildman–Crippen LogP) is 20.0. The average molecular weight is 1090 g/mol. The van der Waals surface area contributed by atoms with E-state index in [9.17, 15) is 19.4 Å². The summed E-state index contributed by atoms with van der Waals surface area (Å²) in [6, 6.07) is -0.801. The molecule has 0 aliphatic rings. The van der Waals surface area contributed by atoms with Gasteiger partial charge in [-0.15, -0.1) is 0 Å². The van der Waals surface area contributed by atoms with Crippen LogP contribution in [0.1, 0.15) is 322 Å². The number of allylic oxidation sites excluding steroid dienone is 8. The van der Waals surface area contributed by atoms with Crippen molar-refractivity contribution in [2.45, 2.75) is 334 Å². The zero-order valence-corrected chi connectivity index (χ0v) is 52.1. The summed E-state index contributed by atoms with van der Waals surface area (Å²) in [5.74, 6) is -0.159. The van der Waals surface area contributed by atoms with Crippen LogP contribution >= 0.6 is 7.82 Å². The lowest BCUT2D eigenvalue weighted by molar-refractivity contribution is -0.870. The smallest absolute Gasteiger partial charge is 0.268 e. The molecule has 2 N–H and O–H groups in total. The van der Waals surface area contributed by atoms with Gasteiger partial charge in [-0.05, 0) is 51.4 Å². The number of aliphatic hydroxyl groups is 1. The fraction of sp³-hybridized carbons (Fsp3) is 0.866. The van der Waals surface area contributed by atoms with E-state index in [-0.39, 0.29) is 19.1 Å². The molecule has 0 heterocycles. The highest BCUT2D eigenvalue weighted by molar-refractivity contribution is 7.45. The molecule has 8 nitrogen and oxygen atoms in total. The number of aliphatic hydroxyl groups excluding tert-OH is 1. The van der Waals surface area contributed by atoms with Gasteiger partial charge in [-0.1, -0.05) is 313 Å². The molecule has 0 aromatic carbocycles. The maximum Gasteiger partial charge on any atom is 0.268 e. The average Bonchev–Trinajstić information content (AvgIpc) is 3.38. The first kappa shape index (κ1) is 74.5. The number of unbranched alkanes of at least 4 members (excludes halogenated alkanes) is 40. The SMILES string of the molecule is CC/C=C\C/C=C\C/C=C\C/C=C\CCCCCCCCCCCCCCCCCCCCC(=O)NC(COP(=O)([O-])OCC[N+](C)(C)C)C(O)CCCCCCCCCCCCCCCCCCCCCCCCC. The lowest BCUT2D eigenvalue weighted by Gasteiger charge is -2.30. The van der Waals surface area contributed by atoms with Crippen molar-refractivity contribution >= 4 is 13.7 Å². The molecule has 0 radical (unpaired) electrons. The number of carbonyl (C=O) groups is 1. The minimum absolute atomic E-state index is 0.0134. The molecule has 0 fully saturated rings. The number of hydrogen-bond donors (Lipinski definition) is 2. The van der Waals surface area contributed by atoms with Gasteiger partial charge in [0.15, 0.2) is 0 Å². The summed E-state index contributed by atoms with van der Waals surface area (Å²) in [5.41, 5.74) is 0. The van der Waals surface area contributed by atoms with Gasteiger partial charge in [0, 0.05) is 6.42 Å². The van der Waals surface area contributed by atoms with Gasteiger partial charge >= 0.3 is 0 Å². The van der Waals surface area contributed by atoms with E-state index in [2.05, 4.69) is 67.8 Å². The van der Waals surface area contributed by atoms with E-state index in [0.717, 1.165) is 64.2 Å². The molecule has 0 bridgehead atoms. The molecule has 0 saturated carbocycles. The number of phosphoric ester groups is 1. The number of phosphoric acid groups is 1. The van der Waals surface area contributed by atoms with Crippen molar-refractivity contribution in [3.05, 3.63) is 48.6 Å². The molecule has 0 rings (SSSR count). The van der Waals surface area contributed by atoms with E-state index in [1.54, 1.807) is 0 Å². The van der Waals surface area contributed by atoms with Crippen molar-refractivity contribution in [1.29, 1.82) is 0 Å². The van der Waals surface area contributed by atoms with Gasteiger partial charge in [-0.3, -0.25) is 9.36 Å². The first-order chi connectivity index (χ1) is 37.0. The summed E-state index contributed by atoms with van der Waals surface area (Å²) >= 11 is 0. The van der Waals surface area contributed by atoms with E-state index in [0.29, 0.717) is 23.9 Å². The molecule has 0 aromatic heterocycles. The van der Waals surface area contributed by atoms with E-state index in [4.69, 9.17) is 9.05 Å². The van der Waals surface area contributed by atoms with E-state index >= 15 is 0 Å². The Morgan fingerprint density at radius 1 is 0.474 bits per heavy atom. The Morgan fingerprint density at radius 2 is 0.803 bits per heavy atom. The van der Waals surface area contributed by atoms with Crippen molar-refractivity contribution in [1.82, 2.24) is 5.32 Å². The predicted molar refractivity (Wildman–Crippen MR) is 330 cm³/mol. The molecule has 3 unspecified atom stereocenters. The third kappa shape index (κ3) is 60.1. The quantitative estimate of drug-likeness (QED) is 0.0272. The number of nitrogens with zero attached hydrogens (tertiary/aromatic N) is 1. The summed E-state index contributed by atoms with van der Waals surface area (Å²) in [5, 5.41) is 14.1. The topological polar surface area (TPSA) is 108 Å². The Labute approximate surface area is 473 Å². The zero-order chi connectivity index (χ0) is 55.6. The Balaban J connectivity index is 4.04. The number of likely N-dealkylation sites (N-methyl/N-ethyl adjacent to an activating group) is 1. The number of quaternary nitrogens is 1. The number of nitrogens with one attached hydrogen (secondary N) is 1. The Hall–Kier alpha value is -1.54. The monoisotopic (exact) mass is 1090 g/mol. The third-order valence-corrected chi connectivity index (χ3v) is 16.0. The summed E-state index contributed by atoms with van der Waals surface area (Å²) in [6.07, 6.45) is 77.4. The van der Waals surface area contributed by atoms with Crippen LogP contribution in [0.3, 0.4) is 0 Å². The van der Waals surface area contributed by atoms with Gasteiger partial charge in [0.05, 0.1) is 39.9 Å². The Bertz CT molecular complexity index is 1380. The second-order valence-electron chi connectivity index (χ2n) is 23.8. The fourth-order valence-corrected chi connectivity index (χ4v) is 10.7. The molecular weight excluding hydrogens is 960 g/mol. The number of amides is 1. The molecule has 0 aliphatic heterocycles. The molecular formula is C67H129N2O6P. The largest absolute Gasteiger partial charge is 0.756 e. The van der Waals surface area contributed by atoms with Crippen LogP contribution in [0.2, 0.25) is 0 Å². The Kier molecular flexibility index (Phi) is 56.9. The second kappa shape index (κ2) is 58.1. The Morgan fingerprint density at radius 3 is 1.17 bits per heavy atom. The van der Waals surface area contributed by atoms with Crippen LogP contribution in [0.25, 0.3) is 0 Å². The molecule has 0 aliphatic carbocycles. The van der Waals surface area contributed by atoms with Gasteiger partial charge < -0.3 is 28.8 Å². The maximum absolute atomic E-state index is 13.0. The van der Waals surface area contributed by atoms with Crippen molar-refractivity contribution in [3.8, 4) is 0 Å². The van der Waals surface area contributed by atoms with Crippen molar-refractivity contribution in [3.63, 3.8) is 0 Å². The molecule has 9 heteroatoms. The van der Waals surface area contributed by atoms with Gasteiger partial charge in [0.25, 0.3) is 7.82 Å². The first-order valence-corrected chi connectivity index (χ1v) is 34.4.